The Bertz CT molecular complexity index is 752. The fourth-order valence-electron chi connectivity index (χ4n) is 2.21. The fraction of sp³-hybridized carbons (Fsp3) is 0.176. The topological polar surface area (TPSA) is 82.8 Å². The second-order valence-corrected chi connectivity index (χ2v) is 5.22. The van der Waals surface area contributed by atoms with Crippen LogP contribution >= 0.6 is 12.2 Å². The van der Waals surface area contributed by atoms with E-state index >= 15 is 0 Å². The van der Waals surface area contributed by atoms with Gasteiger partial charge in [-0.3, -0.25) is 4.79 Å². The van der Waals surface area contributed by atoms with E-state index in [0.717, 1.165) is 0 Å². The zero-order valence-corrected chi connectivity index (χ0v) is 14.4. The van der Waals surface area contributed by atoms with Crippen molar-refractivity contribution < 1.29 is 19.0 Å². The lowest BCUT2D eigenvalue weighted by Crippen LogP contribution is -2.17. The molecule has 7 heteroatoms. The van der Waals surface area contributed by atoms with Crippen molar-refractivity contribution >= 4 is 28.8 Å². The molecule has 0 aliphatic rings. The van der Waals surface area contributed by atoms with Crippen LogP contribution in [0.1, 0.15) is 15.9 Å². The molecule has 6 nitrogen and oxygen atoms in total. The number of benzene rings is 2. The molecule has 1 amide bonds. The van der Waals surface area contributed by atoms with Crippen molar-refractivity contribution in [3.05, 3.63) is 47.5 Å². The number of anilines is 1. The Morgan fingerprint density at radius 2 is 1.62 bits per heavy atom. The van der Waals surface area contributed by atoms with E-state index in [1.165, 1.54) is 21.3 Å². The van der Waals surface area contributed by atoms with E-state index in [9.17, 15) is 4.79 Å². The van der Waals surface area contributed by atoms with Gasteiger partial charge in [0.15, 0.2) is 11.5 Å². The predicted octanol–water partition coefficient (Wildman–Crippen LogP) is 2.60. The van der Waals surface area contributed by atoms with Crippen LogP contribution < -0.4 is 25.3 Å². The smallest absolute Gasteiger partial charge is 0.255 e. The van der Waals surface area contributed by atoms with Crippen LogP contribution in [0, 0.1) is 0 Å². The zero-order valence-electron chi connectivity index (χ0n) is 13.6. The zero-order chi connectivity index (χ0) is 17.7. The van der Waals surface area contributed by atoms with E-state index in [0.29, 0.717) is 34.1 Å². The van der Waals surface area contributed by atoms with Gasteiger partial charge in [0.05, 0.1) is 27.0 Å². The third-order valence-corrected chi connectivity index (χ3v) is 3.59. The number of rotatable bonds is 6. The molecule has 2 rings (SSSR count). The Kier molecular flexibility index (Phi) is 5.59. The van der Waals surface area contributed by atoms with Crippen LogP contribution in [-0.2, 0) is 0 Å². The summed E-state index contributed by atoms with van der Waals surface area (Å²) in [5.74, 6) is 0.854. The number of hydrogen-bond donors (Lipinski definition) is 2. The first-order chi connectivity index (χ1) is 11.5. The summed E-state index contributed by atoms with van der Waals surface area (Å²) in [6.07, 6.45) is 0. The number of hydrogen-bond acceptors (Lipinski definition) is 5. The summed E-state index contributed by atoms with van der Waals surface area (Å²) in [5, 5.41) is 2.79. The Labute approximate surface area is 145 Å². The van der Waals surface area contributed by atoms with Crippen LogP contribution in [0.25, 0.3) is 0 Å². The summed E-state index contributed by atoms with van der Waals surface area (Å²) in [5.41, 5.74) is 7.15. The van der Waals surface area contributed by atoms with Crippen molar-refractivity contribution in [1.29, 1.82) is 0 Å². The van der Waals surface area contributed by atoms with Crippen molar-refractivity contribution in [2.75, 3.05) is 26.6 Å². The second-order valence-electron chi connectivity index (χ2n) is 4.78. The van der Waals surface area contributed by atoms with Gasteiger partial charge in [0.25, 0.3) is 5.91 Å². The molecule has 0 fully saturated rings. The first-order valence-electron chi connectivity index (χ1n) is 7.02. The van der Waals surface area contributed by atoms with Crippen LogP contribution in [0.5, 0.6) is 17.2 Å². The van der Waals surface area contributed by atoms with Crippen molar-refractivity contribution in [3.63, 3.8) is 0 Å². The summed E-state index contributed by atoms with van der Waals surface area (Å²) in [4.78, 5) is 12.8. The normalized spacial score (nSPS) is 9.96. The van der Waals surface area contributed by atoms with Crippen LogP contribution in [-0.4, -0.2) is 32.2 Å². The fourth-order valence-corrected chi connectivity index (χ4v) is 2.39. The van der Waals surface area contributed by atoms with Crippen molar-refractivity contribution in [1.82, 2.24) is 0 Å². The van der Waals surface area contributed by atoms with Gasteiger partial charge in [0, 0.05) is 11.1 Å². The predicted molar refractivity (Wildman–Crippen MR) is 96.4 cm³/mol. The maximum atomic E-state index is 12.6. The van der Waals surface area contributed by atoms with Crippen LogP contribution in [0.4, 0.5) is 5.69 Å². The number of nitrogens with two attached hydrogens (primary N) is 1. The number of nitrogens with one attached hydrogen (secondary N) is 1. The standard InChI is InChI=1S/C17H18N2O4S/c1-21-13-8-10(9-14(22-2)15(13)23-3)17(20)19-12-7-5-4-6-11(12)16(18)24/h4-9H,1-3H3,(H2,18,24)(H,19,20). The Morgan fingerprint density at radius 1 is 1.04 bits per heavy atom. The van der Waals surface area contributed by atoms with Gasteiger partial charge in [-0.1, -0.05) is 24.4 Å². The van der Waals surface area contributed by atoms with Crippen molar-refractivity contribution in [3.8, 4) is 17.2 Å². The van der Waals surface area contributed by atoms with Gasteiger partial charge in [-0.15, -0.1) is 0 Å². The van der Waals surface area contributed by atoms with E-state index in [2.05, 4.69) is 5.32 Å². The van der Waals surface area contributed by atoms with Gasteiger partial charge in [-0.25, -0.2) is 0 Å². The van der Waals surface area contributed by atoms with Gasteiger partial charge in [0.2, 0.25) is 5.75 Å². The Balaban J connectivity index is 2.39. The van der Waals surface area contributed by atoms with Gasteiger partial charge < -0.3 is 25.3 Å². The minimum Gasteiger partial charge on any atom is -0.493 e. The lowest BCUT2D eigenvalue weighted by molar-refractivity contribution is 0.102. The molecule has 0 bridgehead atoms. The second kappa shape index (κ2) is 7.65. The third-order valence-electron chi connectivity index (χ3n) is 3.37. The molecule has 0 atom stereocenters. The molecule has 0 radical (unpaired) electrons. The first kappa shape index (κ1) is 17.6. The maximum absolute atomic E-state index is 12.6. The summed E-state index contributed by atoms with van der Waals surface area (Å²) < 4.78 is 15.8. The Hall–Kier alpha value is -2.80. The molecule has 0 aliphatic heterocycles. The minimum absolute atomic E-state index is 0.204. The molecule has 0 saturated carbocycles. The molecule has 0 aromatic heterocycles. The molecule has 2 aromatic carbocycles. The quantitative estimate of drug-likeness (QED) is 0.783. The number of methoxy groups -OCH3 is 3. The lowest BCUT2D eigenvalue weighted by atomic mass is 10.1. The Morgan fingerprint density at radius 3 is 2.12 bits per heavy atom. The summed E-state index contributed by atoms with van der Waals surface area (Å²) in [6, 6.07) is 10.2. The van der Waals surface area contributed by atoms with Gasteiger partial charge in [0.1, 0.15) is 4.99 Å². The van der Waals surface area contributed by atoms with E-state index in [1.54, 1.807) is 36.4 Å². The molecular formula is C17H18N2O4S. The van der Waals surface area contributed by atoms with Gasteiger partial charge in [-0.05, 0) is 24.3 Å². The summed E-state index contributed by atoms with van der Waals surface area (Å²) >= 11 is 5.00. The number of amides is 1. The highest BCUT2D eigenvalue weighted by molar-refractivity contribution is 7.80. The largest absolute Gasteiger partial charge is 0.493 e. The van der Waals surface area contributed by atoms with Crippen molar-refractivity contribution in [2.45, 2.75) is 0 Å². The van der Waals surface area contributed by atoms with E-state index in [-0.39, 0.29) is 10.9 Å². The maximum Gasteiger partial charge on any atom is 0.255 e. The highest BCUT2D eigenvalue weighted by atomic mass is 32.1. The highest BCUT2D eigenvalue weighted by Crippen LogP contribution is 2.38. The molecule has 24 heavy (non-hydrogen) atoms. The molecule has 0 heterocycles. The molecule has 0 unspecified atom stereocenters. The first-order valence-corrected chi connectivity index (χ1v) is 7.42. The molecule has 0 saturated heterocycles. The van der Waals surface area contributed by atoms with E-state index < -0.39 is 0 Å². The molecule has 0 aliphatic carbocycles. The average molecular weight is 346 g/mol. The molecule has 0 spiro atoms. The summed E-state index contributed by atoms with van der Waals surface area (Å²) in [7, 11) is 4.47. The SMILES string of the molecule is COc1cc(C(=O)Nc2ccccc2C(N)=S)cc(OC)c1OC. The minimum atomic E-state index is -0.349. The molecular weight excluding hydrogens is 328 g/mol. The van der Waals surface area contributed by atoms with Crippen molar-refractivity contribution in [2.24, 2.45) is 5.73 Å². The van der Waals surface area contributed by atoms with E-state index in [4.69, 9.17) is 32.2 Å². The van der Waals surface area contributed by atoms with Crippen LogP contribution in [0.2, 0.25) is 0 Å². The summed E-state index contributed by atoms with van der Waals surface area (Å²) in [6.45, 7) is 0. The number of thiocarbonyl (C=S) groups is 1. The number of carbonyl (C=O) groups excluding carboxylic acids is 1. The van der Waals surface area contributed by atoms with Gasteiger partial charge >= 0.3 is 0 Å². The van der Waals surface area contributed by atoms with Gasteiger partial charge in [-0.2, -0.15) is 0 Å². The van der Waals surface area contributed by atoms with Crippen LogP contribution in [0.15, 0.2) is 36.4 Å². The number of carbonyl (C=O) groups is 1. The average Bonchev–Trinajstić information content (AvgIpc) is 2.60. The lowest BCUT2D eigenvalue weighted by Gasteiger charge is -2.15. The molecule has 3 N–H and O–H groups in total. The molecule has 2 aromatic rings. The van der Waals surface area contributed by atoms with E-state index in [1.807, 2.05) is 0 Å². The third kappa shape index (κ3) is 3.57. The number of ether oxygens (including phenoxy) is 3. The molecule has 126 valence electrons. The highest BCUT2D eigenvalue weighted by Gasteiger charge is 2.18. The number of para-hydroxylation sites is 1. The monoisotopic (exact) mass is 346 g/mol. The van der Waals surface area contributed by atoms with Crippen LogP contribution in [0.3, 0.4) is 0 Å².